The SMILES string of the molecule is CCOC(=O)N1CCN(C(=O)c2ccc(=O)n(-c3ccc(F)cc3)c2)CC1. The van der Waals surface area contributed by atoms with Gasteiger partial charge in [0.15, 0.2) is 0 Å². The van der Waals surface area contributed by atoms with Crippen molar-refractivity contribution in [1.29, 1.82) is 0 Å². The Balaban J connectivity index is 1.74. The summed E-state index contributed by atoms with van der Waals surface area (Å²) < 4.78 is 19.4. The summed E-state index contributed by atoms with van der Waals surface area (Å²) in [5.74, 6) is -0.632. The van der Waals surface area contributed by atoms with Gasteiger partial charge >= 0.3 is 6.09 Å². The van der Waals surface area contributed by atoms with Crippen molar-refractivity contribution in [2.45, 2.75) is 6.92 Å². The third-order valence-electron chi connectivity index (χ3n) is 4.36. The maximum Gasteiger partial charge on any atom is 0.409 e. The van der Waals surface area contributed by atoms with Gasteiger partial charge in [0.2, 0.25) is 0 Å². The van der Waals surface area contributed by atoms with Crippen LogP contribution in [-0.2, 0) is 4.74 Å². The summed E-state index contributed by atoms with van der Waals surface area (Å²) in [4.78, 5) is 39.8. The van der Waals surface area contributed by atoms with Crippen LogP contribution in [0, 0.1) is 5.82 Å². The van der Waals surface area contributed by atoms with Crippen LogP contribution in [0.1, 0.15) is 17.3 Å². The van der Waals surface area contributed by atoms with Crippen molar-refractivity contribution >= 4 is 12.0 Å². The van der Waals surface area contributed by atoms with E-state index < -0.39 is 5.82 Å². The number of rotatable bonds is 3. The second-order valence-electron chi connectivity index (χ2n) is 6.08. The van der Waals surface area contributed by atoms with Gasteiger partial charge in [-0.15, -0.1) is 0 Å². The highest BCUT2D eigenvalue weighted by atomic mass is 19.1. The first-order valence-corrected chi connectivity index (χ1v) is 8.69. The lowest BCUT2D eigenvalue weighted by Gasteiger charge is -2.34. The topological polar surface area (TPSA) is 71.8 Å². The van der Waals surface area contributed by atoms with Crippen LogP contribution < -0.4 is 5.56 Å². The molecule has 1 aromatic carbocycles. The monoisotopic (exact) mass is 373 g/mol. The number of pyridine rings is 1. The molecule has 1 aromatic heterocycles. The predicted molar refractivity (Wildman–Crippen MR) is 96.5 cm³/mol. The van der Waals surface area contributed by atoms with E-state index in [0.29, 0.717) is 44.0 Å². The van der Waals surface area contributed by atoms with Crippen LogP contribution in [0.2, 0.25) is 0 Å². The van der Waals surface area contributed by atoms with E-state index in [-0.39, 0.29) is 17.6 Å². The molecule has 1 saturated heterocycles. The van der Waals surface area contributed by atoms with Gasteiger partial charge < -0.3 is 14.5 Å². The number of carbonyl (C=O) groups is 2. The number of piperazine rings is 1. The Kier molecular flexibility index (Phi) is 5.54. The van der Waals surface area contributed by atoms with Crippen molar-refractivity contribution in [1.82, 2.24) is 14.4 Å². The van der Waals surface area contributed by atoms with Crippen molar-refractivity contribution in [2.24, 2.45) is 0 Å². The Morgan fingerprint density at radius 2 is 1.63 bits per heavy atom. The summed E-state index contributed by atoms with van der Waals surface area (Å²) in [6.07, 6.45) is 1.07. The largest absolute Gasteiger partial charge is 0.450 e. The maximum atomic E-state index is 13.1. The van der Waals surface area contributed by atoms with Crippen LogP contribution in [0.4, 0.5) is 9.18 Å². The molecule has 1 aliphatic rings. The molecule has 0 unspecified atom stereocenters. The molecule has 3 rings (SSSR count). The van der Waals surface area contributed by atoms with Gasteiger partial charge in [-0.25, -0.2) is 9.18 Å². The number of benzene rings is 1. The smallest absolute Gasteiger partial charge is 0.409 e. The number of hydrogen-bond acceptors (Lipinski definition) is 4. The van der Waals surface area contributed by atoms with Gasteiger partial charge in [0.05, 0.1) is 12.2 Å². The Bertz CT molecular complexity index is 887. The molecule has 7 nitrogen and oxygen atoms in total. The molecule has 1 aliphatic heterocycles. The van der Waals surface area contributed by atoms with Crippen LogP contribution in [0.25, 0.3) is 5.69 Å². The first kappa shape index (κ1) is 18.6. The van der Waals surface area contributed by atoms with Gasteiger partial charge in [0.1, 0.15) is 5.82 Å². The lowest BCUT2D eigenvalue weighted by atomic mass is 10.2. The molecule has 2 aromatic rings. The standard InChI is InChI=1S/C19H20FN3O4/c1-2-27-19(26)22-11-9-21(10-12-22)18(25)14-3-8-17(24)23(13-14)16-6-4-15(20)5-7-16/h3-8,13H,2,9-12H2,1H3. The van der Waals surface area contributed by atoms with Crippen LogP contribution in [0.3, 0.4) is 0 Å². The minimum absolute atomic E-state index is 0.227. The number of amides is 2. The Labute approximate surface area is 155 Å². The number of ether oxygens (including phenoxy) is 1. The molecule has 0 N–H and O–H groups in total. The summed E-state index contributed by atoms with van der Waals surface area (Å²) in [5.41, 5.74) is 0.511. The van der Waals surface area contributed by atoms with Gasteiger partial charge in [0, 0.05) is 44.1 Å². The van der Waals surface area contributed by atoms with Crippen molar-refractivity contribution in [3.05, 3.63) is 64.3 Å². The summed E-state index contributed by atoms with van der Waals surface area (Å²) in [5, 5.41) is 0. The molecular weight excluding hydrogens is 353 g/mol. The van der Waals surface area contributed by atoms with Crippen molar-refractivity contribution in [3.8, 4) is 5.69 Å². The zero-order valence-corrected chi connectivity index (χ0v) is 14.9. The second-order valence-corrected chi connectivity index (χ2v) is 6.08. The average Bonchev–Trinajstić information content (AvgIpc) is 2.69. The normalized spacial score (nSPS) is 14.1. The van der Waals surface area contributed by atoms with E-state index in [1.165, 1.54) is 47.2 Å². The highest BCUT2D eigenvalue weighted by molar-refractivity contribution is 5.94. The number of halogens is 1. The number of hydrogen-bond donors (Lipinski definition) is 0. The molecule has 2 heterocycles. The molecule has 0 atom stereocenters. The molecule has 27 heavy (non-hydrogen) atoms. The van der Waals surface area contributed by atoms with Crippen LogP contribution in [-0.4, -0.2) is 59.2 Å². The first-order chi connectivity index (χ1) is 13.0. The van der Waals surface area contributed by atoms with E-state index in [1.54, 1.807) is 16.7 Å². The second kappa shape index (κ2) is 8.03. The molecule has 0 saturated carbocycles. The average molecular weight is 373 g/mol. The summed E-state index contributed by atoms with van der Waals surface area (Å²) in [7, 11) is 0. The lowest BCUT2D eigenvalue weighted by molar-refractivity contribution is 0.0570. The summed E-state index contributed by atoms with van der Waals surface area (Å²) in [6, 6.07) is 8.25. The molecule has 0 radical (unpaired) electrons. The van der Waals surface area contributed by atoms with Crippen molar-refractivity contribution in [2.75, 3.05) is 32.8 Å². The fourth-order valence-corrected chi connectivity index (χ4v) is 2.91. The molecule has 0 bridgehead atoms. The number of nitrogens with zero attached hydrogens (tertiary/aromatic N) is 3. The van der Waals surface area contributed by atoms with Crippen molar-refractivity contribution < 1.29 is 18.7 Å². The van der Waals surface area contributed by atoms with E-state index >= 15 is 0 Å². The van der Waals surface area contributed by atoms with Gasteiger partial charge in [-0.3, -0.25) is 14.2 Å². The van der Waals surface area contributed by atoms with Crippen LogP contribution in [0.5, 0.6) is 0 Å². The fraction of sp³-hybridized carbons (Fsp3) is 0.316. The Hall–Kier alpha value is -3.16. The van der Waals surface area contributed by atoms with Gasteiger partial charge in [-0.2, -0.15) is 0 Å². The molecule has 2 amide bonds. The summed E-state index contributed by atoms with van der Waals surface area (Å²) >= 11 is 0. The summed E-state index contributed by atoms with van der Waals surface area (Å²) in [6.45, 7) is 3.60. The molecular formula is C19H20FN3O4. The number of aromatic nitrogens is 1. The quantitative estimate of drug-likeness (QED) is 0.824. The minimum Gasteiger partial charge on any atom is -0.450 e. The zero-order chi connectivity index (χ0) is 19.4. The van der Waals surface area contributed by atoms with Gasteiger partial charge in [0.25, 0.3) is 11.5 Å². The van der Waals surface area contributed by atoms with E-state index in [9.17, 15) is 18.8 Å². The van der Waals surface area contributed by atoms with E-state index in [2.05, 4.69) is 0 Å². The van der Waals surface area contributed by atoms with Crippen LogP contribution in [0.15, 0.2) is 47.4 Å². The minimum atomic E-state index is -0.404. The molecule has 142 valence electrons. The number of carbonyl (C=O) groups excluding carboxylic acids is 2. The molecule has 0 aliphatic carbocycles. The van der Waals surface area contributed by atoms with Gasteiger partial charge in [-0.05, 0) is 37.3 Å². The fourth-order valence-electron chi connectivity index (χ4n) is 2.91. The van der Waals surface area contributed by atoms with E-state index in [1.807, 2.05) is 0 Å². The van der Waals surface area contributed by atoms with E-state index in [4.69, 9.17) is 4.74 Å². The molecule has 0 spiro atoms. The maximum absolute atomic E-state index is 13.1. The first-order valence-electron chi connectivity index (χ1n) is 8.69. The zero-order valence-electron chi connectivity index (χ0n) is 14.9. The van der Waals surface area contributed by atoms with Crippen LogP contribution >= 0.6 is 0 Å². The third-order valence-corrected chi connectivity index (χ3v) is 4.36. The van der Waals surface area contributed by atoms with Gasteiger partial charge in [-0.1, -0.05) is 0 Å². The highest BCUT2D eigenvalue weighted by Crippen LogP contribution is 2.12. The molecule has 8 heteroatoms. The Morgan fingerprint density at radius 1 is 1.00 bits per heavy atom. The lowest BCUT2D eigenvalue weighted by Crippen LogP contribution is -2.50. The van der Waals surface area contributed by atoms with Crippen molar-refractivity contribution in [3.63, 3.8) is 0 Å². The van der Waals surface area contributed by atoms with E-state index in [0.717, 1.165) is 0 Å². The third kappa shape index (κ3) is 4.16. The highest BCUT2D eigenvalue weighted by Gasteiger charge is 2.25. The molecule has 1 fully saturated rings. The predicted octanol–water partition coefficient (Wildman–Crippen LogP) is 1.89. The Morgan fingerprint density at radius 3 is 2.26 bits per heavy atom.